The number of rotatable bonds is 5. The largest absolute Gasteiger partial charge is 0.497 e. The summed E-state index contributed by atoms with van der Waals surface area (Å²) in [5.74, 6) is 0.895. The number of methoxy groups -OCH3 is 1. The van der Waals surface area contributed by atoms with Gasteiger partial charge in [-0.15, -0.1) is 5.10 Å². The third kappa shape index (κ3) is 3.99. The minimum absolute atomic E-state index is 0.0727. The molecule has 0 bridgehead atoms. The second kappa shape index (κ2) is 7.27. The number of carbonyl (C=O) groups excluding carboxylic acids is 1. The van der Waals surface area contributed by atoms with Crippen LogP contribution in [-0.4, -0.2) is 23.2 Å². The number of nitrogens with zero attached hydrogens (tertiary/aromatic N) is 2. The van der Waals surface area contributed by atoms with Gasteiger partial charge in [-0.3, -0.25) is 10.1 Å². The molecule has 1 N–H and O–H groups in total. The second-order valence-corrected chi connectivity index (χ2v) is 5.91. The van der Waals surface area contributed by atoms with Gasteiger partial charge in [-0.25, -0.2) is 0 Å². The molecule has 0 saturated heterocycles. The zero-order valence-electron chi connectivity index (χ0n) is 12.8. The van der Waals surface area contributed by atoms with E-state index in [-0.39, 0.29) is 11.9 Å². The van der Waals surface area contributed by atoms with Crippen molar-refractivity contribution in [3.63, 3.8) is 0 Å². The maximum atomic E-state index is 12.1. The molecule has 0 fully saturated rings. The quantitative estimate of drug-likeness (QED) is 0.722. The summed E-state index contributed by atoms with van der Waals surface area (Å²) in [6, 6.07) is 14.7. The molecule has 0 atom stereocenters. The monoisotopic (exact) mass is 387 g/mol. The lowest BCUT2D eigenvalue weighted by Gasteiger charge is -2.01. The summed E-state index contributed by atoms with van der Waals surface area (Å²) < 4.78 is 11.4. The molecule has 24 heavy (non-hydrogen) atoms. The summed E-state index contributed by atoms with van der Waals surface area (Å²) in [7, 11) is 1.62. The topological polar surface area (TPSA) is 77.3 Å². The van der Waals surface area contributed by atoms with Crippen molar-refractivity contribution in [3.8, 4) is 5.75 Å². The number of hydrogen-bond donors (Lipinski definition) is 1. The van der Waals surface area contributed by atoms with Gasteiger partial charge in [0.2, 0.25) is 5.89 Å². The van der Waals surface area contributed by atoms with E-state index in [4.69, 9.17) is 9.15 Å². The van der Waals surface area contributed by atoms with E-state index in [9.17, 15) is 4.79 Å². The van der Waals surface area contributed by atoms with Crippen molar-refractivity contribution in [1.82, 2.24) is 10.2 Å². The SMILES string of the molecule is COc1ccc(Cc2nnc(NC(=O)c3cccc(Br)c3)o2)cc1. The molecule has 0 unspecified atom stereocenters. The molecule has 0 aliphatic rings. The molecule has 1 amide bonds. The average Bonchev–Trinajstić information content (AvgIpc) is 3.02. The molecule has 1 heterocycles. The molecule has 0 saturated carbocycles. The number of ether oxygens (including phenoxy) is 1. The van der Waals surface area contributed by atoms with Gasteiger partial charge in [0.25, 0.3) is 5.91 Å². The third-order valence-corrected chi connectivity index (χ3v) is 3.78. The summed E-state index contributed by atoms with van der Waals surface area (Å²) in [4.78, 5) is 12.1. The van der Waals surface area contributed by atoms with E-state index < -0.39 is 0 Å². The fourth-order valence-electron chi connectivity index (χ4n) is 2.09. The van der Waals surface area contributed by atoms with E-state index in [1.165, 1.54) is 0 Å². The second-order valence-electron chi connectivity index (χ2n) is 4.99. The minimum Gasteiger partial charge on any atom is -0.497 e. The number of anilines is 1. The average molecular weight is 388 g/mol. The van der Waals surface area contributed by atoms with Crippen molar-refractivity contribution >= 4 is 27.9 Å². The Kier molecular flexibility index (Phi) is 4.90. The van der Waals surface area contributed by atoms with Gasteiger partial charge in [-0.1, -0.05) is 39.2 Å². The Hall–Kier alpha value is -2.67. The molecule has 3 rings (SSSR count). The Morgan fingerprint density at radius 2 is 2.00 bits per heavy atom. The van der Waals surface area contributed by atoms with Gasteiger partial charge in [-0.2, -0.15) is 0 Å². The zero-order valence-corrected chi connectivity index (χ0v) is 14.4. The van der Waals surface area contributed by atoms with E-state index >= 15 is 0 Å². The summed E-state index contributed by atoms with van der Waals surface area (Å²) >= 11 is 3.33. The van der Waals surface area contributed by atoms with Crippen LogP contribution in [0.4, 0.5) is 6.01 Å². The summed E-state index contributed by atoms with van der Waals surface area (Å²) in [6.07, 6.45) is 0.476. The highest BCUT2D eigenvalue weighted by Crippen LogP contribution is 2.17. The van der Waals surface area contributed by atoms with Gasteiger partial charge in [-0.05, 0) is 35.9 Å². The molecule has 0 aliphatic heterocycles. The predicted octanol–water partition coefficient (Wildman–Crippen LogP) is 3.68. The van der Waals surface area contributed by atoms with E-state index in [0.29, 0.717) is 17.9 Å². The van der Waals surface area contributed by atoms with Crippen molar-refractivity contribution in [3.05, 3.63) is 70.0 Å². The van der Waals surface area contributed by atoms with Crippen molar-refractivity contribution < 1.29 is 13.9 Å². The molecular formula is C17H14BrN3O3. The molecule has 7 heteroatoms. The van der Waals surface area contributed by atoms with Crippen molar-refractivity contribution in [2.24, 2.45) is 0 Å². The highest BCUT2D eigenvalue weighted by molar-refractivity contribution is 9.10. The highest BCUT2D eigenvalue weighted by Gasteiger charge is 2.12. The lowest BCUT2D eigenvalue weighted by Crippen LogP contribution is -2.11. The number of halogens is 1. The fourth-order valence-corrected chi connectivity index (χ4v) is 2.49. The van der Waals surface area contributed by atoms with E-state index in [1.807, 2.05) is 30.3 Å². The maximum Gasteiger partial charge on any atom is 0.322 e. The summed E-state index contributed by atoms with van der Waals surface area (Å²) in [6.45, 7) is 0. The van der Waals surface area contributed by atoms with Crippen LogP contribution in [-0.2, 0) is 6.42 Å². The van der Waals surface area contributed by atoms with E-state index in [2.05, 4.69) is 31.4 Å². The van der Waals surface area contributed by atoms with Crippen LogP contribution in [0, 0.1) is 0 Å². The lowest BCUT2D eigenvalue weighted by atomic mass is 10.1. The first-order valence-corrected chi connectivity index (χ1v) is 7.95. The molecule has 0 spiro atoms. The molecule has 2 aromatic carbocycles. The fraction of sp³-hybridized carbons (Fsp3) is 0.118. The van der Waals surface area contributed by atoms with Crippen molar-refractivity contribution in [1.29, 1.82) is 0 Å². The number of carbonyl (C=O) groups is 1. The molecule has 3 aromatic rings. The summed E-state index contributed by atoms with van der Waals surface area (Å²) in [5.41, 5.74) is 1.50. The van der Waals surface area contributed by atoms with Gasteiger partial charge < -0.3 is 9.15 Å². The van der Waals surface area contributed by atoms with Crippen LogP contribution < -0.4 is 10.1 Å². The van der Waals surface area contributed by atoms with Crippen LogP contribution in [0.3, 0.4) is 0 Å². The van der Waals surface area contributed by atoms with Crippen LogP contribution in [0.15, 0.2) is 57.4 Å². The Labute approximate surface area is 147 Å². The van der Waals surface area contributed by atoms with Gasteiger partial charge >= 0.3 is 6.01 Å². The molecule has 6 nitrogen and oxygen atoms in total. The number of aromatic nitrogens is 2. The molecular weight excluding hydrogens is 374 g/mol. The van der Waals surface area contributed by atoms with E-state index in [0.717, 1.165) is 15.8 Å². The Morgan fingerprint density at radius 3 is 2.71 bits per heavy atom. The smallest absolute Gasteiger partial charge is 0.322 e. The van der Waals surface area contributed by atoms with Gasteiger partial charge in [0.15, 0.2) is 0 Å². The van der Waals surface area contributed by atoms with Gasteiger partial charge in [0.1, 0.15) is 5.75 Å². The summed E-state index contributed by atoms with van der Waals surface area (Å²) in [5, 5.41) is 10.4. The molecule has 1 aromatic heterocycles. The van der Waals surface area contributed by atoms with Crippen LogP contribution in [0.1, 0.15) is 21.8 Å². The van der Waals surface area contributed by atoms with Gasteiger partial charge in [0, 0.05) is 10.0 Å². The first-order valence-electron chi connectivity index (χ1n) is 7.16. The number of amides is 1. The number of hydrogen-bond acceptors (Lipinski definition) is 5. The Bertz CT molecular complexity index is 846. The first-order chi connectivity index (χ1) is 11.6. The van der Waals surface area contributed by atoms with Crippen LogP contribution in [0.5, 0.6) is 5.75 Å². The number of nitrogens with one attached hydrogen (secondary N) is 1. The first kappa shape index (κ1) is 16.2. The number of benzene rings is 2. The van der Waals surface area contributed by atoms with Crippen molar-refractivity contribution in [2.45, 2.75) is 6.42 Å². The minimum atomic E-state index is -0.309. The van der Waals surface area contributed by atoms with Gasteiger partial charge in [0.05, 0.1) is 13.5 Å². The standard InChI is InChI=1S/C17H14BrN3O3/c1-23-14-7-5-11(6-8-14)9-15-20-21-17(24-15)19-16(22)12-3-2-4-13(18)10-12/h2-8,10H,9H2,1H3,(H,19,21,22). The lowest BCUT2D eigenvalue weighted by molar-refractivity contribution is 0.102. The molecule has 122 valence electrons. The Morgan fingerprint density at radius 1 is 1.21 bits per heavy atom. The maximum absolute atomic E-state index is 12.1. The van der Waals surface area contributed by atoms with E-state index in [1.54, 1.807) is 25.3 Å². The van der Waals surface area contributed by atoms with Crippen LogP contribution in [0.2, 0.25) is 0 Å². The molecule has 0 radical (unpaired) electrons. The van der Waals surface area contributed by atoms with Crippen LogP contribution in [0.25, 0.3) is 0 Å². The zero-order chi connectivity index (χ0) is 16.9. The van der Waals surface area contributed by atoms with Crippen LogP contribution >= 0.6 is 15.9 Å². The normalized spacial score (nSPS) is 10.4. The Balaban J connectivity index is 1.65. The highest BCUT2D eigenvalue weighted by atomic mass is 79.9. The predicted molar refractivity (Wildman–Crippen MR) is 92.2 cm³/mol. The molecule has 0 aliphatic carbocycles. The third-order valence-electron chi connectivity index (χ3n) is 3.29. The van der Waals surface area contributed by atoms with Crippen molar-refractivity contribution in [2.75, 3.05) is 12.4 Å².